The summed E-state index contributed by atoms with van der Waals surface area (Å²) in [6.07, 6.45) is 0.603. The zero-order chi connectivity index (χ0) is 13.5. The monoisotopic (exact) mass is 255 g/mol. The molecular formula is C10H17N5O3. The minimum atomic E-state index is -0.325. The summed E-state index contributed by atoms with van der Waals surface area (Å²) in [5.74, 6) is -0.515. The second kappa shape index (κ2) is 6.58. The molecule has 1 rings (SSSR count). The van der Waals surface area contributed by atoms with Crippen molar-refractivity contribution < 1.29 is 14.4 Å². The van der Waals surface area contributed by atoms with E-state index in [1.165, 1.54) is 4.90 Å². The Kier molecular flexibility index (Phi) is 5.09. The first-order valence-corrected chi connectivity index (χ1v) is 5.59. The summed E-state index contributed by atoms with van der Waals surface area (Å²) in [4.78, 5) is 35.0. The fraction of sp³-hybridized carbons (Fsp3) is 0.600. The highest BCUT2D eigenvalue weighted by molar-refractivity contribution is 6.39. The summed E-state index contributed by atoms with van der Waals surface area (Å²) in [7, 11) is 3.26. The van der Waals surface area contributed by atoms with E-state index < -0.39 is 0 Å². The number of hydrazone groups is 1. The van der Waals surface area contributed by atoms with E-state index in [-0.39, 0.29) is 24.3 Å². The number of carbonyl (C=O) groups excluding carboxylic acids is 3. The van der Waals surface area contributed by atoms with Crippen LogP contribution in [0.1, 0.15) is 12.8 Å². The molecule has 0 aromatic rings. The molecule has 0 unspecified atom stereocenters. The van der Waals surface area contributed by atoms with Crippen molar-refractivity contribution >= 4 is 23.6 Å². The summed E-state index contributed by atoms with van der Waals surface area (Å²) >= 11 is 0. The van der Waals surface area contributed by atoms with E-state index in [0.717, 1.165) is 0 Å². The van der Waals surface area contributed by atoms with Gasteiger partial charge in [-0.1, -0.05) is 0 Å². The highest BCUT2D eigenvalue weighted by Gasteiger charge is 2.17. The van der Waals surface area contributed by atoms with Gasteiger partial charge in [0.15, 0.2) is 0 Å². The van der Waals surface area contributed by atoms with Crippen LogP contribution < -0.4 is 16.1 Å². The molecule has 100 valence electrons. The molecule has 0 saturated carbocycles. The third-order valence-electron chi connectivity index (χ3n) is 2.26. The molecule has 18 heavy (non-hydrogen) atoms. The van der Waals surface area contributed by atoms with Crippen LogP contribution >= 0.6 is 0 Å². The number of carbonyl (C=O) groups is 3. The number of rotatable bonds is 4. The predicted octanol–water partition coefficient (Wildman–Crippen LogP) is -1.36. The first kappa shape index (κ1) is 13.9. The molecule has 0 radical (unpaired) electrons. The summed E-state index contributed by atoms with van der Waals surface area (Å²) in [6, 6.07) is -0.216. The van der Waals surface area contributed by atoms with Gasteiger partial charge in [0, 0.05) is 40.0 Å². The summed E-state index contributed by atoms with van der Waals surface area (Å²) in [5, 5.41) is 8.88. The molecule has 0 saturated heterocycles. The Morgan fingerprint density at radius 1 is 1.28 bits per heavy atom. The van der Waals surface area contributed by atoms with E-state index in [9.17, 15) is 14.4 Å². The van der Waals surface area contributed by atoms with E-state index in [1.54, 1.807) is 14.1 Å². The van der Waals surface area contributed by atoms with Gasteiger partial charge in [-0.15, -0.1) is 0 Å². The molecule has 0 aliphatic carbocycles. The van der Waals surface area contributed by atoms with Gasteiger partial charge >= 0.3 is 6.03 Å². The van der Waals surface area contributed by atoms with Gasteiger partial charge in [0.2, 0.25) is 5.91 Å². The van der Waals surface area contributed by atoms with Gasteiger partial charge in [0.05, 0.1) is 0 Å². The van der Waals surface area contributed by atoms with E-state index >= 15 is 0 Å². The van der Waals surface area contributed by atoms with Gasteiger partial charge in [0.25, 0.3) is 5.91 Å². The Bertz CT molecular complexity index is 378. The minimum absolute atomic E-state index is 0.190. The smallest absolute Gasteiger partial charge is 0.316 e. The van der Waals surface area contributed by atoms with Gasteiger partial charge in [-0.2, -0.15) is 5.10 Å². The molecule has 0 spiro atoms. The van der Waals surface area contributed by atoms with E-state index in [0.29, 0.717) is 25.2 Å². The van der Waals surface area contributed by atoms with Crippen molar-refractivity contribution in [1.29, 1.82) is 0 Å². The molecule has 8 nitrogen and oxygen atoms in total. The standard InChI is InChI=1S/C10H17N5O3/c1-15(2)10(18)12-6-5-11-9(17)7-3-4-8(16)14-13-7/h3-6H2,1-2H3,(H,11,17)(H,12,18)(H,14,16). The third kappa shape index (κ3) is 4.40. The molecule has 1 aliphatic rings. The molecule has 0 atom stereocenters. The molecule has 1 heterocycles. The lowest BCUT2D eigenvalue weighted by Gasteiger charge is -2.13. The lowest BCUT2D eigenvalue weighted by Crippen LogP contribution is -2.42. The molecular weight excluding hydrogens is 238 g/mol. The zero-order valence-corrected chi connectivity index (χ0v) is 10.4. The van der Waals surface area contributed by atoms with Crippen LogP contribution in [0.25, 0.3) is 0 Å². The normalized spacial score (nSPS) is 14.3. The van der Waals surface area contributed by atoms with Crippen LogP contribution in [0.2, 0.25) is 0 Å². The topological polar surface area (TPSA) is 103 Å². The molecule has 0 aromatic heterocycles. The van der Waals surface area contributed by atoms with Gasteiger partial charge in [-0.25, -0.2) is 10.2 Å². The number of hydrogen-bond acceptors (Lipinski definition) is 4. The number of amides is 4. The first-order chi connectivity index (χ1) is 8.50. The number of hydrogen-bond donors (Lipinski definition) is 3. The maximum atomic E-state index is 11.6. The lowest BCUT2D eigenvalue weighted by molar-refractivity contribution is -0.121. The molecule has 0 fully saturated rings. The first-order valence-electron chi connectivity index (χ1n) is 5.59. The summed E-state index contributed by atoms with van der Waals surface area (Å²) in [5.41, 5.74) is 2.55. The maximum Gasteiger partial charge on any atom is 0.316 e. The third-order valence-corrected chi connectivity index (χ3v) is 2.26. The zero-order valence-electron chi connectivity index (χ0n) is 10.4. The molecule has 4 amide bonds. The van der Waals surface area contributed by atoms with Crippen molar-refractivity contribution in [3.05, 3.63) is 0 Å². The van der Waals surface area contributed by atoms with Crippen molar-refractivity contribution in [2.24, 2.45) is 5.10 Å². The average molecular weight is 255 g/mol. The van der Waals surface area contributed by atoms with Gasteiger partial charge in [0.1, 0.15) is 5.71 Å². The maximum absolute atomic E-state index is 11.6. The summed E-state index contributed by atoms with van der Waals surface area (Å²) in [6.45, 7) is 0.647. The lowest BCUT2D eigenvalue weighted by atomic mass is 10.1. The van der Waals surface area contributed by atoms with E-state index in [1.807, 2.05) is 0 Å². The van der Waals surface area contributed by atoms with Crippen molar-refractivity contribution in [2.75, 3.05) is 27.2 Å². The van der Waals surface area contributed by atoms with Crippen molar-refractivity contribution in [3.8, 4) is 0 Å². The second-order valence-corrected chi connectivity index (χ2v) is 3.98. The Balaban J connectivity index is 2.22. The Morgan fingerprint density at radius 3 is 2.50 bits per heavy atom. The van der Waals surface area contributed by atoms with Crippen molar-refractivity contribution in [1.82, 2.24) is 21.0 Å². The summed E-state index contributed by atoms with van der Waals surface area (Å²) < 4.78 is 0. The average Bonchev–Trinajstić information content (AvgIpc) is 2.34. The van der Waals surface area contributed by atoms with Crippen LogP contribution in [0.4, 0.5) is 4.79 Å². The van der Waals surface area contributed by atoms with Crippen molar-refractivity contribution in [2.45, 2.75) is 12.8 Å². The molecule has 3 N–H and O–H groups in total. The second-order valence-electron chi connectivity index (χ2n) is 3.98. The van der Waals surface area contributed by atoms with Crippen LogP contribution in [0.15, 0.2) is 5.10 Å². The van der Waals surface area contributed by atoms with Crippen molar-refractivity contribution in [3.63, 3.8) is 0 Å². The quantitative estimate of drug-likeness (QED) is 0.540. The number of nitrogens with zero attached hydrogens (tertiary/aromatic N) is 2. The number of nitrogens with one attached hydrogen (secondary N) is 3. The fourth-order valence-corrected chi connectivity index (χ4v) is 1.24. The largest absolute Gasteiger partial charge is 0.349 e. The fourth-order valence-electron chi connectivity index (χ4n) is 1.24. The predicted molar refractivity (Wildman–Crippen MR) is 64.9 cm³/mol. The minimum Gasteiger partial charge on any atom is -0.349 e. The molecule has 8 heteroatoms. The SMILES string of the molecule is CN(C)C(=O)NCCNC(=O)C1=NNC(=O)CC1. The van der Waals surface area contributed by atoms with E-state index in [4.69, 9.17) is 0 Å². The van der Waals surface area contributed by atoms with E-state index in [2.05, 4.69) is 21.2 Å². The highest BCUT2D eigenvalue weighted by atomic mass is 16.2. The molecule has 0 aromatic carbocycles. The molecule has 1 aliphatic heterocycles. The highest BCUT2D eigenvalue weighted by Crippen LogP contribution is 1.98. The van der Waals surface area contributed by atoms with Gasteiger partial charge in [-0.05, 0) is 0 Å². The van der Waals surface area contributed by atoms with Crippen LogP contribution in [0, 0.1) is 0 Å². The number of urea groups is 1. The van der Waals surface area contributed by atoms with Crippen LogP contribution in [0.3, 0.4) is 0 Å². The Labute approximate surface area is 105 Å². The van der Waals surface area contributed by atoms with Gasteiger partial charge < -0.3 is 15.5 Å². The van der Waals surface area contributed by atoms with Crippen LogP contribution in [-0.4, -0.2) is 55.6 Å². The van der Waals surface area contributed by atoms with Crippen LogP contribution in [0.5, 0.6) is 0 Å². The molecule has 0 bridgehead atoms. The van der Waals surface area contributed by atoms with Gasteiger partial charge in [-0.3, -0.25) is 9.59 Å². The van der Waals surface area contributed by atoms with Crippen LogP contribution in [-0.2, 0) is 9.59 Å². The Hall–Kier alpha value is -2.12. The Morgan fingerprint density at radius 2 is 1.94 bits per heavy atom.